The first-order chi connectivity index (χ1) is 9.17. The number of aromatic nitrogens is 1. The highest BCUT2D eigenvalue weighted by atomic mass is 16.2. The molecule has 1 aromatic carbocycles. The van der Waals surface area contributed by atoms with E-state index in [9.17, 15) is 4.79 Å². The fourth-order valence-corrected chi connectivity index (χ4v) is 2.55. The second kappa shape index (κ2) is 5.91. The molecule has 0 unspecified atom stereocenters. The van der Waals surface area contributed by atoms with Crippen molar-refractivity contribution in [2.45, 2.75) is 33.2 Å². The fourth-order valence-electron chi connectivity index (χ4n) is 2.55. The fraction of sp³-hybridized carbons (Fsp3) is 0.438. The topological polar surface area (TPSA) is 36.1 Å². The van der Waals surface area contributed by atoms with E-state index in [2.05, 4.69) is 31.0 Å². The summed E-state index contributed by atoms with van der Waals surface area (Å²) in [6.07, 6.45) is 3.82. The lowest BCUT2D eigenvalue weighted by molar-refractivity contribution is -0.134. The van der Waals surface area contributed by atoms with E-state index in [-0.39, 0.29) is 11.8 Å². The lowest BCUT2D eigenvalue weighted by Crippen LogP contribution is -2.31. The van der Waals surface area contributed by atoms with Crippen LogP contribution < -0.4 is 0 Å². The lowest BCUT2D eigenvalue weighted by atomic mass is 10.0. The molecule has 0 saturated carbocycles. The van der Waals surface area contributed by atoms with Crippen molar-refractivity contribution in [2.24, 2.45) is 5.92 Å². The van der Waals surface area contributed by atoms with Crippen molar-refractivity contribution in [1.82, 2.24) is 9.88 Å². The van der Waals surface area contributed by atoms with Crippen molar-refractivity contribution in [3.05, 3.63) is 36.0 Å². The third-order valence-electron chi connectivity index (χ3n) is 3.79. The van der Waals surface area contributed by atoms with Crippen LogP contribution in [0, 0.1) is 5.92 Å². The minimum Gasteiger partial charge on any atom is -0.361 e. The van der Waals surface area contributed by atoms with Gasteiger partial charge < -0.3 is 9.88 Å². The van der Waals surface area contributed by atoms with Crippen molar-refractivity contribution >= 4 is 16.8 Å². The van der Waals surface area contributed by atoms with Gasteiger partial charge in [0.05, 0.1) is 0 Å². The van der Waals surface area contributed by atoms with Crippen LogP contribution in [0.5, 0.6) is 0 Å². The molecule has 19 heavy (non-hydrogen) atoms. The third kappa shape index (κ3) is 2.80. The van der Waals surface area contributed by atoms with Gasteiger partial charge in [-0.2, -0.15) is 0 Å². The molecule has 0 aliphatic carbocycles. The Morgan fingerprint density at radius 3 is 2.63 bits per heavy atom. The van der Waals surface area contributed by atoms with E-state index in [1.165, 1.54) is 10.9 Å². The molecule has 1 amide bonds. The lowest BCUT2D eigenvalue weighted by Gasteiger charge is -2.22. The van der Waals surface area contributed by atoms with Gasteiger partial charge in [-0.3, -0.25) is 4.79 Å². The summed E-state index contributed by atoms with van der Waals surface area (Å²) < 4.78 is 0. The zero-order chi connectivity index (χ0) is 13.8. The van der Waals surface area contributed by atoms with Crippen molar-refractivity contribution in [2.75, 3.05) is 7.05 Å². The molecule has 0 saturated heterocycles. The molecule has 0 spiro atoms. The zero-order valence-corrected chi connectivity index (χ0v) is 11.9. The summed E-state index contributed by atoms with van der Waals surface area (Å²) in [5.41, 5.74) is 2.30. The highest BCUT2D eigenvalue weighted by molar-refractivity contribution is 5.84. The quantitative estimate of drug-likeness (QED) is 0.874. The monoisotopic (exact) mass is 258 g/mol. The van der Waals surface area contributed by atoms with Gasteiger partial charge in [-0.1, -0.05) is 32.0 Å². The van der Waals surface area contributed by atoms with Crippen LogP contribution in [-0.2, 0) is 11.3 Å². The number of carbonyl (C=O) groups is 1. The number of benzene rings is 1. The predicted octanol–water partition coefficient (Wildman–Crippen LogP) is 3.56. The number of amides is 1. The van der Waals surface area contributed by atoms with Crippen LogP contribution in [0.3, 0.4) is 0 Å². The largest absolute Gasteiger partial charge is 0.361 e. The number of fused-ring (bicyclic) bond motifs is 1. The van der Waals surface area contributed by atoms with Crippen LogP contribution in [0.2, 0.25) is 0 Å². The average molecular weight is 258 g/mol. The zero-order valence-electron chi connectivity index (χ0n) is 11.9. The number of carbonyl (C=O) groups excluding carboxylic acids is 1. The summed E-state index contributed by atoms with van der Waals surface area (Å²) in [6.45, 7) is 4.82. The maximum atomic E-state index is 12.3. The van der Waals surface area contributed by atoms with Gasteiger partial charge in [-0.25, -0.2) is 0 Å². The molecule has 1 heterocycles. The normalized spacial score (nSPS) is 11.2. The first-order valence-corrected chi connectivity index (χ1v) is 6.97. The number of H-pyrrole nitrogens is 1. The Labute approximate surface area is 114 Å². The molecule has 2 rings (SSSR count). The molecule has 1 aromatic heterocycles. The summed E-state index contributed by atoms with van der Waals surface area (Å²) >= 11 is 0. The number of nitrogens with one attached hydrogen (secondary N) is 1. The van der Waals surface area contributed by atoms with Crippen molar-refractivity contribution in [1.29, 1.82) is 0 Å². The number of rotatable bonds is 5. The molecule has 0 bridgehead atoms. The molecule has 102 valence electrons. The van der Waals surface area contributed by atoms with E-state index in [4.69, 9.17) is 0 Å². The van der Waals surface area contributed by atoms with Crippen LogP contribution >= 0.6 is 0 Å². The SMILES string of the molecule is CCC(CC)C(=O)N(C)Cc1c[nH]c2ccccc12. The number of nitrogens with zero attached hydrogens (tertiary/aromatic N) is 1. The molecular weight excluding hydrogens is 236 g/mol. The molecule has 3 nitrogen and oxygen atoms in total. The Morgan fingerprint density at radius 2 is 1.95 bits per heavy atom. The summed E-state index contributed by atoms with van der Waals surface area (Å²) in [5, 5.41) is 1.20. The Morgan fingerprint density at radius 1 is 1.26 bits per heavy atom. The smallest absolute Gasteiger partial charge is 0.225 e. The van der Waals surface area contributed by atoms with E-state index in [0.717, 1.165) is 18.4 Å². The highest BCUT2D eigenvalue weighted by Gasteiger charge is 2.19. The summed E-state index contributed by atoms with van der Waals surface area (Å²) in [5.74, 6) is 0.394. The first-order valence-electron chi connectivity index (χ1n) is 6.97. The van der Waals surface area contributed by atoms with Gasteiger partial charge >= 0.3 is 0 Å². The van der Waals surface area contributed by atoms with E-state index in [0.29, 0.717) is 6.54 Å². The van der Waals surface area contributed by atoms with Crippen LogP contribution in [0.15, 0.2) is 30.5 Å². The number of hydrogen-bond donors (Lipinski definition) is 1. The molecule has 3 heteroatoms. The second-order valence-electron chi connectivity index (χ2n) is 5.07. The van der Waals surface area contributed by atoms with Gasteiger partial charge in [0, 0.05) is 36.6 Å². The number of para-hydroxylation sites is 1. The van der Waals surface area contributed by atoms with E-state index < -0.39 is 0 Å². The third-order valence-corrected chi connectivity index (χ3v) is 3.79. The second-order valence-corrected chi connectivity index (χ2v) is 5.07. The Balaban J connectivity index is 2.14. The molecule has 0 fully saturated rings. The Kier molecular flexibility index (Phi) is 4.25. The van der Waals surface area contributed by atoms with Gasteiger partial charge in [0.15, 0.2) is 0 Å². The minimum atomic E-state index is 0.148. The van der Waals surface area contributed by atoms with Gasteiger partial charge in [0.1, 0.15) is 0 Å². The molecule has 1 N–H and O–H groups in total. The number of aromatic amines is 1. The maximum Gasteiger partial charge on any atom is 0.225 e. The average Bonchev–Trinajstić information content (AvgIpc) is 2.83. The molecule has 0 atom stereocenters. The highest BCUT2D eigenvalue weighted by Crippen LogP contribution is 2.20. The Hall–Kier alpha value is -1.77. The minimum absolute atomic E-state index is 0.148. The van der Waals surface area contributed by atoms with Gasteiger partial charge in [-0.05, 0) is 24.5 Å². The molecule has 2 aromatic rings. The van der Waals surface area contributed by atoms with Crippen LogP contribution in [0.1, 0.15) is 32.3 Å². The van der Waals surface area contributed by atoms with Gasteiger partial charge in [0.2, 0.25) is 5.91 Å². The van der Waals surface area contributed by atoms with E-state index in [1.807, 2.05) is 30.3 Å². The van der Waals surface area contributed by atoms with Gasteiger partial charge in [-0.15, -0.1) is 0 Å². The van der Waals surface area contributed by atoms with Crippen molar-refractivity contribution in [3.63, 3.8) is 0 Å². The first kappa shape index (κ1) is 13.7. The Bertz CT molecular complexity index is 555. The summed E-state index contributed by atoms with van der Waals surface area (Å²) in [4.78, 5) is 17.4. The molecular formula is C16H22N2O. The van der Waals surface area contributed by atoms with Crippen molar-refractivity contribution in [3.8, 4) is 0 Å². The van der Waals surface area contributed by atoms with Crippen LogP contribution in [0.4, 0.5) is 0 Å². The molecule has 0 radical (unpaired) electrons. The maximum absolute atomic E-state index is 12.3. The standard InChI is InChI=1S/C16H22N2O/c1-4-12(5-2)16(19)18(3)11-13-10-17-15-9-7-6-8-14(13)15/h6-10,12,17H,4-5,11H2,1-3H3. The van der Waals surface area contributed by atoms with Crippen molar-refractivity contribution < 1.29 is 4.79 Å². The summed E-state index contributed by atoms with van der Waals surface area (Å²) in [7, 11) is 1.89. The molecule has 0 aliphatic rings. The predicted molar refractivity (Wildman–Crippen MR) is 78.8 cm³/mol. The van der Waals surface area contributed by atoms with E-state index in [1.54, 1.807) is 0 Å². The molecule has 0 aliphatic heterocycles. The van der Waals surface area contributed by atoms with Crippen LogP contribution in [-0.4, -0.2) is 22.8 Å². The van der Waals surface area contributed by atoms with Gasteiger partial charge in [0.25, 0.3) is 0 Å². The van der Waals surface area contributed by atoms with Crippen LogP contribution in [0.25, 0.3) is 10.9 Å². The van der Waals surface area contributed by atoms with E-state index >= 15 is 0 Å². The number of hydrogen-bond acceptors (Lipinski definition) is 1. The summed E-state index contributed by atoms with van der Waals surface area (Å²) in [6, 6.07) is 8.20.